The molecule has 1 aromatic heterocycles. The second-order valence-corrected chi connectivity index (χ2v) is 5.81. The van der Waals surface area contributed by atoms with Gasteiger partial charge in [-0.2, -0.15) is 5.10 Å². The highest BCUT2D eigenvalue weighted by Gasteiger charge is 2.16. The first-order chi connectivity index (χ1) is 8.90. The first kappa shape index (κ1) is 13.5. The van der Waals surface area contributed by atoms with Gasteiger partial charge in [0.15, 0.2) is 0 Å². The van der Waals surface area contributed by atoms with Crippen LogP contribution in [-0.2, 0) is 16.6 Å². The van der Waals surface area contributed by atoms with Crippen molar-refractivity contribution in [1.29, 1.82) is 0 Å². The fourth-order valence-corrected chi connectivity index (χ4v) is 2.48. The quantitative estimate of drug-likeness (QED) is 0.777. The molecule has 0 radical (unpaired) electrons. The Kier molecular flexibility index (Phi) is 3.54. The van der Waals surface area contributed by atoms with Gasteiger partial charge in [-0.05, 0) is 24.6 Å². The van der Waals surface area contributed by atoms with E-state index in [4.69, 9.17) is 5.73 Å². The summed E-state index contributed by atoms with van der Waals surface area (Å²) in [6.45, 7) is 1.55. The molecule has 6 nitrogen and oxygen atoms in total. The number of nitrogen functional groups attached to an aromatic ring is 1. The minimum atomic E-state index is -3.78. The Bertz CT molecular complexity index is 696. The van der Waals surface area contributed by atoms with E-state index in [1.807, 2.05) is 0 Å². The molecular weight excluding hydrogens is 271 g/mol. The number of hydrogen-bond donors (Lipinski definition) is 3. The van der Waals surface area contributed by atoms with E-state index in [9.17, 15) is 12.8 Å². The average Bonchev–Trinajstić information content (AvgIpc) is 2.76. The van der Waals surface area contributed by atoms with Crippen molar-refractivity contribution in [2.24, 2.45) is 0 Å². The number of aryl methyl sites for hydroxylation is 1. The SMILES string of the molecule is Cc1ccc(S(=O)(=O)NCc2cn[nH]c2N)cc1F. The zero-order valence-electron chi connectivity index (χ0n) is 10.1. The van der Waals surface area contributed by atoms with Crippen molar-refractivity contribution in [2.45, 2.75) is 18.4 Å². The second kappa shape index (κ2) is 4.98. The number of benzene rings is 1. The standard InChI is InChI=1S/C11H13FN4O2S/c1-7-2-3-9(4-10(7)12)19(17,18)15-6-8-5-14-16-11(8)13/h2-5,15H,6H2,1H3,(H3,13,14,16). The molecule has 0 spiro atoms. The summed E-state index contributed by atoms with van der Waals surface area (Å²) in [5.41, 5.74) is 6.45. The van der Waals surface area contributed by atoms with Gasteiger partial charge >= 0.3 is 0 Å². The lowest BCUT2D eigenvalue weighted by atomic mass is 10.2. The molecule has 0 amide bonds. The maximum Gasteiger partial charge on any atom is 0.240 e. The first-order valence-corrected chi connectivity index (χ1v) is 6.92. The summed E-state index contributed by atoms with van der Waals surface area (Å²) in [4.78, 5) is -0.127. The van der Waals surface area contributed by atoms with Gasteiger partial charge in [-0.3, -0.25) is 5.10 Å². The number of rotatable bonds is 4. The highest BCUT2D eigenvalue weighted by Crippen LogP contribution is 2.15. The molecule has 2 rings (SSSR count). The third kappa shape index (κ3) is 2.91. The zero-order chi connectivity index (χ0) is 14.0. The monoisotopic (exact) mass is 284 g/mol. The van der Waals surface area contributed by atoms with Gasteiger partial charge in [0.25, 0.3) is 0 Å². The Labute approximate surface area is 109 Å². The number of nitrogens with one attached hydrogen (secondary N) is 2. The summed E-state index contributed by atoms with van der Waals surface area (Å²) >= 11 is 0. The molecule has 0 aliphatic heterocycles. The van der Waals surface area contributed by atoms with E-state index in [0.717, 1.165) is 6.07 Å². The Morgan fingerprint density at radius 1 is 1.47 bits per heavy atom. The molecule has 0 bridgehead atoms. The van der Waals surface area contributed by atoms with Crippen LogP contribution in [0.1, 0.15) is 11.1 Å². The molecule has 0 atom stereocenters. The smallest absolute Gasteiger partial charge is 0.240 e. The van der Waals surface area contributed by atoms with Crippen molar-refractivity contribution in [3.8, 4) is 0 Å². The molecule has 4 N–H and O–H groups in total. The van der Waals surface area contributed by atoms with Crippen LogP contribution < -0.4 is 10.5 Å². The zero-order valence-corrected chi connectivity index (χ0v) is 11.0. The summed E-state index contributed by atoms with van der Waals surface area (Å²) in [5, 5.41) is 6.17. The number of sulfonamides is 1. The first-order valence-electron chi connectivity index (χ1n) is 5.43. The third-order valence-electron chi connectivity index (χ3n) is 2.66. The molecule has 102 valence electrons. The molecule has 2 aromatic rings. The summed E-state index contributed by atoms with van der Waals surface area (Å²) < 4.78 is 39.6. The Hall–Kier alpha value is -1.93. The van der Waals surface area contributed by atoms with Crippen molar-refractivity contribution >= 4 is 15.8 Å². The number of hydrogen-bond acceptors (Lipinski definition) is 4. The van der Waals surface area contributed by atoms with Gasteiger partial charge in [0, 0.05) is 12.1 Å². The molecule has 0 saturated carbocycles. The van der Waals surface area contributed by atoms with Crippen molar-refractivity contribution in [2.75, 3.05) is 5.73 Å². The van der Waals surface area contributed by atoms with Crippen LogP contribution >= 0.6 is 0 Å². The maximum absolute atomic E-state index is 13.4. The predicted molar refractivity (Wildman–Crippen MR) is 68.2 cm³/mol. The maximum atomic E-state index is 13.4. The fraction of sp³-hybridized carbons (Fsp3) is 0.182. The van der Waals surface area contributed by atoms with Gasteiger partial charge in [0.05, 0.1) is 11.1 Å². The summed E-state index contributed by atoms with van der Waals surface area (Å²) in [6.07, 6.45) is 1.42. The van der Waals surface area contributed by atoms with Crippen LogP contribution in [0.4, 0.5) is 10.2 Å². The number of nitrogens with two attached hydrogens (primary N) is 1. The van der Waals surface area contributed by atoms with Gasteiger partial charge in [0.2, 0.25) is 10.0 Å². The van der Waals surface area contributed by atoms with E-state index in [-0.39, 0.29) is 17.3 Å². The molecule has 0 unspecified atom stereocenters. The number of anilines is 1. The Morgan fingerprint density at radius 3 is 2.79 bits per heavy atom. The van der Waals surface area contributed by atoms with Crippen LogP contribution in [0.25, 0.3) is 0 Å². The van der Waals surface area contributed by atoms with Gasteiger partial charge in [-0.1, -0.05) is 6.07 Å². The molecule has 0 saturated heterocycles. The van der Waals surface area contributed by atoms with E-state index in [1.165, 1.54) is 18.3 Å². The molecule has 1 aromatic carbocycles. The van der Waals surface area contributed by atoms with E-state index >= 15 is 0 Å². The van der Waals surface area contributed by atoms with Crippen molar-refractivity contribution in [3.05, 3.63) is 41.3 Å². The largest absolute Gasteiger partial charge is 0.384 e. The number of halogens is 1. The Morgan fingerprint density at radius 2 is 2.21 bits per heavy atom. The second-order valence-electron chi connectivity index (χ2n) is 4.04. The van der Waals surface area contributed by atoms with Crippen molar-refractivity contribution in [3.63, 3.8) is 0 Å². The van der Waals surface area contributed by atoms with Gasteiger partial charge < -0.3 is 5.73 Å². The molecular formula is C11H13FN4O2S. The van der Waals surface area contributed by atoms with Crippen LogP contribution in [0.15, 0.2) is 29.3 Å². The fourth-order valence-electron chi connectivity index (χ4n) is 1.46. The van der Waals surface area contributed by atoms with E-state index in [1.54, 1.807) is 6.92 Å². The summed E-state index contributed by atoms with van der Waals surface area (Å²) in [5.74, 6) is -0.275. The molecule has 1 heterocycles. The topological polar surface area (TPSA) is 101 Å². The van der Waals surface area contributed by atoms with Crippen molar-refractivity contribution < 1.29 is 12.8 Å². The summed E-state index contributed by atoms with van der Waals surface area (Å²) in [6, 6.07) is 3.74. The van der Waals surface area contributed by atoms with Crippen molar-refractivity contribution in [1.82, 2.24) is 14.9 Å². The van der Waals surface area contributed by atoms with E-state index in [2.05, 4.69) is 14.9 Å². The number of aromatic amines is 1. The van der Waals surface area contributed by atoms with Gasteiger partial charge in [0.1, 0.15) is 11.6 Å². The summed E-state index contributed by atoms with van der Waals surface area (Å²) in [7, 11) is -3.78. The van der Waals surface area contributed by atoms with Crippen LogP contribution in [-0.4, -0.2) is 18.6 Å². The lowest BCUT2D eigenvalue weighted by molar-refractivity contribution is 0.576. The van der Waals surface area contributed by atoms with Crippen LogP contribution in [0, 0.1) is 12.7 Å². The van der Waals surface area contributed by atoms with Crippen LogP contribution in [0.2, 0.25) is 0 Å². The lowest BCUT2D eigenvalue weighted by Gasteiger charge is -2.07. The lowest BCUT2D eigenvalue weighted by Crippen LogP contribution is -2.23. The minimum absolute atomic E-state index is 0.0137. The molecule has 0 aliphatic rings. The molecule has 0 aliphatic carbocycles. The van der Waals surface area contributed by atoms with Gasteiger partial charge in [-0.15, -0.1) is 0 Å². The van der Waals surface area contributed by atoms with Crippen LogP contribution in [0.5, 0.6) is 0 Å². The highest BCUT2D eigenvalue weighted by atomic mass is 32.2. The number of nitrogens with zero attached hydrogens (tertiary/aromatic N) is 1. The molecule has 0 fully saturated rings. The van der Waals surface area contributed by atoms with Crippen LogP contribution in [0.3, 0.4) is 0 Å². The number of H-pyrrole nitrogens is 1. The predicted octanol–water partition coefficient (Wildman–Crippen LogP) is 0.918. The normalized spacial score (nSPS) is 11.7. The minimum Gasteiger partial charge on any atom is -0.384 e. The number of aromatic nitrogens is 2. The van der Waals surface area contributed by atoms with Gasteiger partial charge in [-0.25, -0.2) is 17.5 Å². The average molecular weight is 284 g/mol. The Balaban J connectivity index is 2.18. The highest BCUT2D eigenvalue weighted by molar-refractivity contribution is 7.89. The molecule has 8 heteroatoms. The molecule has 19 heavy (non-hydrogen) atoms. The van der Waals surface area contributed by atoms with E-state index in [0.29, 0.717) is 11.1 Å². The third-order valence-corrected chi connectivity index (χ3v) is 4.06. The van der Waals surface area contributed by atoms with E-state index < -0.39 is 15.8 Å².